The molecule has 3 heteroatoms. The zero-order valence-electron chi connectivity index (χ0n) is 8.19. The van der Waals surface area contributed by atoms with Crippen LogP contribution in [0, 0.1) is 5.92 Å². The van der Waals surface area contributed by atoms with E-state index in [1.54, 1.807) is 12.5 Å². The first-order valence-corrected chi connectivity index (χ1v) is 5.07. The maximum Gasteiger partial charge on any atom is 0.123 e. The largest absolute Gasteiger partial charge is 0.472 e. The average Bonchev–Trinajstić information content (AvgIpc) is 2.72. The first kappa shape index (κ1) is 9.46. The van der Waals surface area contributed by atoms with Gasteiger partial charge < -0.3 is 9.21 Å². The van der Waals surface area contributed by atoms with Crippen molar-refractivity contribution in [3.8, 4) is 0 Å². The molecule has 3 nitrogen and oxygen atoms in total. The molecule has 1 aliphatic heterocycles. The topological polar surface area (TPSA) is 33.5 Å². The van der Waals surface area contributed by atoms with Gasteiger partial charge in [-0.15, -0.1) is 0 Å². The van der Waals surface area contributed by atoms with Crippen LogP contribution in [-0.2, 0) is 11.3 Å². The van der Waals surface area contributed by atoms with Gasteiger partial charge in [0.1, 0.15) is 6.29 Å². The van der Waals surface area contributed by atoms with Crippen molar-refractivity contribution in [3.63, 3.8) is 0 Å². The molecule has 0 aromatic carbocycles. The van der Waals surface area contributed by atoms with Gasteiger partial charge in [0.05, 0.1) is 12.5 Å². The second kappa shape index (κ2) is 4.42. The first-order valence-electron chi connectivity index (χ1n) is 5.07. The quantitative estimate of drug-likeness (QED) is 0.685. The number of furan rings is 1. The Kier molecular flexibility index (Phi) is 2.99. The van der Waals surface area contributed by atoms with Gasteiger partial charge in [0, 0.05) is 18.0 Å². The van der Waals surface area contributed by atoms with Crippen molar-refractivity contribution in [2.45, 2.75) is 19.4 Å². The Hall–Kier alpha value is -1.09. The van der Waals surface area contributed by atoms with Gasteiger partial charge in [0.25, 0.3) is 0 Å². The number of hydrogen-bond donors (Lipinski definition) is 0. The zero-order valence-corrected chi connectivity index (χ0v) is 8.19. The number of rotatable bonds is 3. The Morgan fingerprint density at radius 1 is 1.50 bits per heavy atom. The molecule has 0 bridgehead atoms. The summed E-state index contributed by atoms with van der Waals surface area (Å²) in [6.45, 7) is 2.99. The van der Waals surface area contributed by atoms with Crippen LogP contribution < -0.4 is 0 Å². The van der Waals surface area contributed by atoms with Crippen LogP contribution in [0.2, 0.25) is 0 Å². The van der Waals surface area contributed by atoms with E-state index in [0.29, 0.717) is 0 Å². The third-order valence-electron chi connectivity index (χ3n) is 2.81. The number of likely N-dealkylation sites (tertiary alicyclic amines) is 1. The lowest BCUT2D eigenvalue weighted by molar-refractivity contribution is -0.112. The fourth-order valence-electron chi connectivity index (χ4n) is 1.89. The van der Waals surface area contributed by atoms with E-state index in [2.05, 4.69) is 4.90 Å². The van der Waals surface area contributed by atoms with E-state index in [1.807, 2.05) is 6.07 Å². The molecular weight excluding hydrogens is 178 g/mol. The van der Waals surface area contributed by atoms with Gasteiger partial charge in [0.15, 0.2) is 0 Å². The number of piperidine rings is 1. The highest BCUT2D eigenvalue weighted by Gasteiger charge is 2.18. The molecule has 1 fully saturated rings. The van der Waals surface area contributed by atoms with Crippen LogP contribution >= 0.6 is 0 Å². The van der Waals surface area contributed by atoms with Crippen molar-refractivity contribution in [3.05, 3.63) is 24.2 Å². The van der Waals surface area contributed by atoms with Crippen molar-refractivity contribution < 1.29 is 9.21 Å². The summed E-state index contributed by atoms with van der Waals surface area (Å²) in [4.78, 5) is 12.9. The monoisotopic (exact) mass is 193 g/mol. The van der Waals surface area contributed by atoms with Gasteiger partial charge in [-0.05, 0) is 32.0 Å². The summed E-state index contributed by atoms with van der Waals surface area (Å²) in [5.74, 6) is 0.288. The summed E-state index contributed by atoms with van der Waals surface area (Å²) in [6, 6.07) is 1.99. The maximum atomic E-state index is 10.6. The second-order valence-corrected chi connectivity index (χ2v) is 3.88. The van der Waals surface area contributed by atoms with Crippen LogP contribution in [0.1, 0.15) is 18.4 Å². The Morgan fingerprint density at radius 2 is 2.29 bits per heavy atom. The summed E-state index contributed by atoms with van der Waals surface area (Å²) in [7, 11) is 0. The Bertz CT molecular complexity index is 273. The zero-order chi connectivity index (χ0) is 9.80. The highest BCUT2D eigenvalue weighted by molar-refractivity contribution is 5.53. The molecule has 2 heterocycles. The second-order valence-electron chi connectivity index (χ2n) is 3.88. The van der Waals surface area contributed by atoms with E-state index < -0.39 is 0 Å². The smallest absolute Gasteiger partial charge is 0.123 e. The normalized spacial score (nSPS) is 19.7. The maximum absolute atomic E-state index is 10.6. The van der Waals surface area contributed by atoms with Gasteiger partial charge in [-0.25, -0.2) is 0 Å². The Balaban J connectivity index is 1.81. The van der Waals surface area contributed by atoms with Gasteiger partial charge >= 0.3 is 0 Å². The Labute approximate surface area is 83.7 Å². The van der Waals surface area contributed by atoms with Crippen LogP contribution in [-0.4, -0.2) is 24.3 Å². The van der Waals surface area contributed by atoms with Crippen molar-refractivity contribution in [1.82, 2.24) is 4.90 Å². The molecule has 0 unspecified atom stereocenters. The van der Waals surface area contributed by atoms with Crippen LogP contribution in [0.5, 0.6) is 0 Å². The van der Waals surface area contributed by atoms with Crippen LogP contribution in [0.4, 0.5) is 0 Å². The third-order valence-corrected chi connectivity index (χ3v) is 2.81. The number of carbonyl (C=O) groups is 1. The fraction of sp³-hybridized carbons (Fsp3) is 0.545. The minimum absolute atomic E-state index is 0.288. The first-order chi connectivity index (χ1) is 6.88. The summed E-state index contributed by atoms with van der Waals surface area (Å²) >= 11 is 0. The number of hydrogen-bond acceptors (Lipinski definition) is 3. The number of nitrogens with zero attached hydrogens (tertiary/aromatic N) is 1. The molecule has 1 aliphatic rings. The summed E-state index contributed by atoms with van der Waals surface area (Å²) in [5, 5.41) is 0. The Morgan fingerprint density at radius 3 is 2.86 bits per heavy atom. The van der Waals surface area contributed by atoms with E-state index in [1.165, 1.54) is 5.56 Å². The van der Waals surface area contributed by atoms with Crippen molar-refractivity contribution in [2.75, 3.05) is 13.1 Å². The molecule has 0 N–H and O–H groups in total. The van der Waals surface area contributed by atoms with E-state index in [4.69, 9.17) is 4.42 Å². The third kappa shape index (κ3) is 2.23. The molecule has 1 saturated heterocycles. The fourth-order valence-corrected chi connectivity index (χ4v) is 1.89. The molecule has 2 rings (SSSR count). The van der Waals surface area contributed by atoms with Crippen LogP contribution in [0.25, 0.3) is 0 Å². The molecule has 76 valence electrons. The van der Waals surface area contributed by atoms with Crippen molar-refractivity contribution >= 4 is 6.29 Å². The molecule has 0 aliphatic carbocycles. The predicted octanol–water partition coefficient (Wildman–Crippen LogP) is 1.69. The van der Waals surface area contributed by atoms with E-state index in [0.717, 1.165) is 38.8 Å². The standard InChI is InChI=1S/C11H15NO2/c13-8-10-1-4-12(5-2-10)7-11-3-6-14-9-11/h3,6,8-10H,1-2,4-5,7H2. The molecule has 0 atom stereocenters. The highest BCUT2D eigenvalue weighted by Crippen LogP contribution is 2.17. The van der Waals surface area contributed by atoms with Crippen molar-refractivity contribution in [1.29, 1.82) is 0 Å². The van der Waals surface area contributed by atoms with Crippen LogP contribution in [0.3, 0.4) is 0 Å². The minimum Gasteiger partial charge on any atom is -0.472 e. The predicted molar refractivity (Wildman–Crippen MR) is 52.8 cm³/mol. The van der Waals surface area contributed by atoms with Gasteiger partial charge in [-0.3, -0.25) is 4.90 Å². The van der Waals surface area contributed by atoms with E-state index in [9.17, 15) is 4.79 Å². The summed E-state index contributed by atoms with van der Waals surface area (Å²) in [5.41, 5.74) is 1.22. The molecule has 14 heavy (non-hydrogen) atoms. The summed E-state index contributed by atoms with van der Waals surface area (Å²) < 4.78 is 5.02. The molecule has 0 amide bonds. The van der Waals surface area contributed by atoms with E-state index in [-0.39, 0.29) is 5.92 Å². The number of aldehydes is 1. The van der Waals surface area contributed by atoms with Gasteiger partial charge in [0.2, 0.25) is 0 Å². The number of carbonyl (C=O) groups excluding carboxylic acids is 1. The lowest BCUT2D eigenvalue weighted by Gasteiger charge is -2.28. The van der Waals surface area contributed by atoms with E-state index >= 15 is 0 Å². The molecule has 0 spiro atoms. The molecular formula is C11H15NO2. The summed E-state index contributed by atoms with van der Waals surface area (Å²) in [6.07, 6.45) is 6.58. The SMILES string of the molecule is O=CC1CCN(Cc2ccoc2)CC1. The van der Waals surface area contributed by atoms with Crippen molar-refractivity contribution in [2.24, 2.45) is 5.92 Å². The lowest BCUT2D eigenvalue weighted by atomic mass is 9.98. The minimum atomic E-state index is 0.288. The van der Waals surface area contributed by atoms with Gasteiger partial charge in [-0.2, -0.15) is 0 Å². The van der Waals surface area contributed by atoms with Crippen LogP contribution in [0.15, 0.2) is 23.0 Å². The average molecular weight is 193 g/mol. The molecule has 1 aromatic rings. The molecule has 1 aromatic heterocycles. The molecule has 0 radical (unpaired) electrons. The molecule has 0 saturated carbocycles. The highest BCUT2D eigenvalue weighted by atomic mass is 16.3. The van der Waals surface area contributed by atoms with Gasteiger partial charge in [-0.1, -0.05) is 0 Å². The lowest BCUT2D eigenvalue weighted by Crippen LogP contribution is -2.33.